The van der Waals surface area contributed by atoms with Gasteiger partial charge >= 0.3 is 11.4 Å². The van der Waals surface area contributed by atoms with E-state index < -0.39 is 44.8 Å². The Morgan fingerprint density at radius 3 is 1.90 bits per heavy atom. The zero-order valence-corrected chi connectivity index (χ0v) is 17.1. The van der Waals surface area contributed by atoms with Crippen molar-refractivity contribution < 1.29 is 35.5 Å². The maximum absolute atomic E-state index is 13.7. The molecule has 1 aromatic heterocycles. The number of halogens is 5. The molecular formula is C21H13F5O3S2. The molecule has 10 heteroatoms. The molecule has 0 aliphatic carbocycles. The lowest BCUT2D eigenvalue weighted by molar-refractivity contribution is -0.238. The molecule has 0 aliphatic heterocycles. The Morgan fingerprint density at radius 1 is 0.839 bits per heavy atom. The van der Waals surface area contributed by atoms with E-state index in [4.69, 9.17) is 0 Å². The molecule has 0 bridgehead atoms. The van der Waals surface area contributed by atoms with Crippen LogP contribution in [-0.4, -0.2) is 26.3 Å². The average molecular weight is 472 g/mol. The number of ether oxygens (including phenoxy) is 1. The van der Waals surface area contributed by atoms with Crippen molar-refractivity contribution in [3.05, 3.63) is 72.8 Å². The first kappa shape index (κ1) is 21.7. The van der Waals surface area contributed by atoms with Gasteiger partial charge in [-0.25, -0.2) is 0 Å². The second kappa shape index (κ2) is 7.85. The van der Waals surface area contributed by atoms with Crippen molar-refractivity contribution in [2.75, 3.05) is 0 Å². The lowest BCUT2D eigenvalue weighted by Gasteiger charge is -2.30. The quantitative estimate of drug-likeness (QED) is 0.189. The van der Waals surface area contributed by atoms with Crippen LogP contribution in [0, 0.1) is 0 Å². The topological polar surface area (TPSA) is 49.4 Å². The first-order chi connectivity index (χ1) is 14.6. The third kappa shape index (κ3) is 3.90. The fourth-order valence-electron chi connectivity index (χ4n) is 3.33. The maximum atomic E-state index is 13.7. The van der Waals surface area contributed by atoms with E-state index in [0.29, 0.717) is 4.90 Å². The zero-order valence-electron chi connectivity index (χ0n) is 15.4. The highest BCUT2D eigenvalue weighted by Crippen LogP contribution is 2.49. The van der Waals surface area contributed by atoms with Crippen molar-refractivity contribution in [1.29, 1.82) is 0 Å². The van der Waals surface area contributed by atoms with Crippen LogP contribution in [0.2, 0.25) is 0 Å². The molecule has 0 aliphatic rings. The van der Waals surface area contributed by atoms with Crippen molar-refractivity contribution in [2.24, 2.45) is 0 Å². The summed E-state index contributed by atoms with van der Waals surface area (Å²) in [5.74, 6) is -0.501. The second-order valence-corrected chi connectivity index (χ2v) is 9.59. The van der Waals surface area contributed by atoms with E-state index >= 15 is 0 Å². The molecule has 2 unspecified atom stereocenters. The largest absolute Gasteiger partial charge is 0.768 e. The Labute approximate surface area is 178 Å². The lowest BCUT2D eigenvalue weighted by Crippen LogP contribution is -2.51. The molecule has 4 aromatic rings. The highest BCUT2D eigenvalue weighted by atomic mass is 32.2. The van der Waals surface area contributed by atoms with Crippen LogP contribution in [0.4, 0.5) is 22.0 Å². The van der Waals surface area contributed by atoms with E-state index in [1.54, 1.807) is 6.07 Å². The smallest absolute Gasteiger partial charge is 0.432 e. The minimum atomic E-state index is -5.60. The third-order valence-electron chi connectivity index (χ3n) is 4.62. The Balaban J connectivity index is 1.83. The standard InChI is InChI=1S/C21H13F5O3S2/c22-20(23,24)19(21(25,26)31(27)28)29-13-6-5-7-14(12-13)30-17-10-3-1-8-15(17)16-9-2-4-11-18(16)30/h1-12,19H. The van der Waals surface area contributed by atoms with E-state index in [1.165, 1.54) is 12.1 Å². The van der Waals surface area contributed by atoms with Gasteiger partial charge < -0.3 is 9.29 Å². The van der Waals surface area contributed by atoms with Crippen LogP contribution in [0.3, 0.4) is 0 Å². The molecule has 4 rings (SSSR count). The van der Waals surface area contributed by atoms with Crippen molar-refractivity contribution in [3.8, 4) is 10.6 Å². The number of hydrogen-bond donors (Lipinski definition) is 0. The Kier molecular flexibility index (Phi) is 5.48. The van der Waals surface area contributed by atoms with Crippen molar-refractivity contribution in [2.45, 2.75) is 17.5 Å². The minimum Gasteiger partial charge on any atom is -0.768 e. The summed E-state index contributed by atoms with van der Waals surface area (Å²) in [5.41, 5.74) is 0. The predicted molar refractivity (Wildman–Crippen MR) is 110 cm³/mol. The molecule has 0 saturated carbocycles. The zero-order chi connectivity index (χ0) is 22.4. The Hall–Kier alpha value is -2.56. The summed E-state index contributed by atoms with van der Waals surface area (Å²) in [7, 11) is -0.687. The molecule has 0 saturated heterocycles. The van der Waals surface area contributed by atoms with Crippen LogP contribution < -0.4 is 4.74 Å². The molecule has 1 heterocycles. The lowest BCUT2D eigenvalue weighted by atomic mass is 10.2. The number of benzene rings is 3. The van der Waals surface area contributed by atoms with E-state index in [0.717, 1.165) is 26.2 Å². The van der Waals surface area contributed by atoms with Gasteiger partial charge in [0.2, 0.25) is 0 Å². The molecule has 0 fully saturated rings. The summed E-state index contributed by atoms with van der Waals surface area (Å²) in [6.07, 6.45) is -9.44. The van der Waals surface area contributed by atoms with E-state index in [2.05, 4.69) is 4.74 Å². The number of hydrogen-bond acceptors (Lipinski definition) is 3. The summed E-state index contributed by atoms with van der Waals surface area (Å²) in [6, 6.07) is 20.5. The van der Waals surface area contributed by atoms with Gasteiger partial charge in [0.05, 0.1) is 0 Å². The van der Waals surface area contributed by atoms with Gasteiger partial charge in [0.25, 0.3) is 6.10 Å². The van der Waals surface area contributed by atoms with Crippen molar-refractivity contribution in [1.82, 2.24) is 0 Å². The maximum Gasteiger partial charge on any atom is 0.432 e. The summed E-state index contributed by atoms with van der Waals surface area (Å²) in [6.45, 7) is 0. The average Bonchev–Trinajstić information content (AvgIpc) is 3.06. The van der Waals surface area contributed by atoms with Gasteiger partial charge in [-0.3, -0.25) is 4.21 Å². The highest BCUT2D eigenvalue weighted by Gasteiger charge is 2.59. The third-order valence-corrected chi connectivity index (χ3v) is 7.60. The first-order valence-electron chi connectivity index (χ1n) is 8.84. The molecular weight excluding hydrogens is 459 g/mol. The first-order valence-corrected chi connectivity index (χ1v) is 11.1. The summed E-state index contributed by atoms with van der Waals surface area (Å²) < 4.78 is 94.9. The second-order valence-electron chi connectivity index (χ2n) is 6.61. The van der Waals surface area contributed by atoms with Crippen LogP contribution >= 0.6 is 10.5 Å². The van der Waals surface area contributed by atoms with Crippen LogP contribution in [-0.2, 0) is 11.1 Å². The number of alkyl halides is 5. The van der Waals surface area contributed by atoms with E-state index in [1.807, 2.05) is 48.5 Å². The molecule has 162 valence electrons. The molecule has 2 atom stereocenters. The monoisotopic (exact) mass is 472 g/mol. The van der Waals surface area contributed by atoms with Crippen molar-refractivity contribution >= 4 is 41.7 Å². The van der Waals surface area contributed by atoms with Gasteiger partial charge in [0.1, 0.15) is 5.75 Å². The van der Waals surface area contributed by atoms with Crippen LogP contribution in [0.5, 0.6) is 5.75 Å². The predicted octanol–water partition coefficient (Wildman–Crippen LogP) is 6.51. The SMILES string of the molecule is O=S([O-])C(F)(F)C(Oc1cccc(-[s+]2c3ccccc3c3ccccc32)c1)C(F)(F)F. The molecule has 31 heavy (non-hydrogen) atoms. The fourth-order valence-corrected chi connectivity index (χ4v) is 6.11. The minimum absolute atomic E-state index is 0.501. The van der Waals surface area contributed by atoms with Gasteiger partial charge in [0.15, 0.2) is 14.3 Å². The van der Waals surface area contributed by atoms with Crippen molar-refractivity contribution in [3.63, 3.8) is 0 Å². The Bertz CT molecular complexity index is 1230. The van der Waals surface area contributed by atoms with Crippen LogP contribution in [0.15, 0.2) is 72.8 Å². The number of rotatable bonds is 5. The molecule has 0 radical (unpaired) electrons. The summed E-state index contributed by atoms with van der Waals surface area (Å²) in [4.78, 5) is 0.558. The summed E-state index contributed by atoms with van der Waals surface area (Å²) >= 11 is -4.32. The molecule has 0 N–H and O–H groups in total. The molecule has 0 amide bonds. The normalized spacial score (nSPS) is 14.6. The number of thiophene rings is 1. The van der Waals surface area contributed by atoms with E-state index in [9.17, 15) is 30.7 Å². The van der Waals surface area contributed by atoms with Gasteiger partial charge in [0, 0.05) is 38.4 Å². The van der Waals surface area contributed by atoms with Gasteiger partial charge in [-0.1, -0.05) is 30.3 Å². The molecule has 3 aromatic carbocycles. The Morgan fingerprint density at radius 2 is 1.39 bits per heavy atom. The molecule has 0 spiro atoms. The van der Waals surface area contributed by atoms with E-state index in [-0.39, 0.29) is 0 Å². The van der Waals surface area contributed by atoms with Gasteiger partial charge in [-0.05, 0) is 36.4 Å². The molecule has 3 nitrogen and oxygen atoms in total. The summed E-state index contributed by atoms with van der Waals surface area (Å²) in [5, 5.41) is -3.19. The van der Waals surface area contributed by atoms with Crippen LogP contribution in [0.25, 0.3) is 25.1 Å². The van der Waals surface area contributed by atoms with Gasteiger partial charge in [-0.2, -0.15) is 22.0 Å². The highest BCUT2D eigenvalue weighted by molar-refractivity contribution is 7.80. The number of fused-ring (bicyclic) bond motifs is 3. The fraction of sp³-hybridized carbons (Fsp3) is 0.143. The van der Waals surface area contributed by atoms with Crippen LogP contribution in [0.1, 0.15) is 0 Å². The van der Waals surface area contributed by atoms with Gasteiger partial charge in [-0.15, -0.1) is 0 Å².